The third-order valence-electron chi connectivity index (χ3n) is 3.87. The number of aromatic nitrogens is 1. The van der Waals surface area contributed by atoms with Crippen LogP contribution in [0.3, 0.4) is 0 Å². The number of nitrogens with one attached hydrogen (secondary N) is 1. The third kappa shape index (κ3) is 5.18. The maximum absolute atomic E-state index is 12.2. The molecule has 0 aliphatic carbocycles. The molecule has 1 amide bonds. The Morgan fingerprint density at radius 2 is 1.96 bits per heavy atom. The second kappa shape index (κ2) is 9.24. The van der Waals surface area contributed by atoms with Crippen LogP contribution in [0.2, 0.25) is 0 Å². The van der Waals surface area contributed by atoms with Gasteiger partial charge in [-0.05, 0) is 49.2 Å². The molecule has 1 heterocycles. The molecular weight excluding hydrogens is 312 g/mol. The second-order valence-corrected chi connectivity index (χ2v) is 5.48. The highest BCUT2D eigenvalue weighted by Gasteiger charge is 2.09. The fraction of sp³-hybridized carbons (Fsp3) is 0.250. The van der Waals surface area contributed by atoms with Gasteiger partial charge in [-0.1, -0.05) is 18.2 Å². The highest BCUT2D eigenvalue weighted by molar-refractivity contribution is 6.01. The lowest BCUT2D eigenvalue weighted by molar-refractivity contribution is -0.117. The summed E-state index contributed by atoms with van der Waals surface area (Å²) in [6.45, 7) is 6.43. The van der Waals surface area contributed by atoms with Crippen molar-refractivity contribution >= 4 is 17.7 Å². The van der Waals surface area contributed by atoms with E-state index in [4.69, 9.17) is 0 Å². The molecule has 0 radical (unpaired) electrons. The molecule has 5 nitrogen and oxygen atoms in total. The SMILES string of the molecule is CCN(CC)c1ccc(C=C(C#N)C(=O)NCc2cccnc2)cc1. The van der Waals surface area contributed by atoms with Gasteiger partial charge < -0.3 is 10.2 Å². The average Bonchev–Trinajstić information content (AvgIpc) is 2.67. The van der Waals surface area contributed by atoms with Crippen molar-refractivity contribution in [2.45, 2.75) is 20.4 Å². The smallest absolute Gasteiger partial charge is 0.262 e. The number of amides is 1. The summed E-state index contributed by atoms with van der Waals surface area (Å²) in [5.74, 6) is -0.390. The molecule has 0 aliphatic rings. The number of pyridine rings is 1. The Balaban J connectivity index is 2.06. The average molecular weight is 334 g/mol. The molecule has 0 bridgehead atoms. The monoisotopic (exact) mass is 334 g/mol. The van der Waals surface area contributed by atoms with E-state index in [1.54, 1.807) is 24.5 Å². The van der Waals surface area contributed by atoms with Crippen molar-refractivity contribution in [3.05, 3.63) is 65.5 Å². The molecule has 0 unspecified atom stereocenters. The van der Waals surface area contributed by atoms with Gasteiger partial charge in [0.25, 0.3) is 5.91 Å². The van der Waals surface area contributed by atoms with Crippen LogP contribution in [0, 0.1) is 11.3 Å². The first-order valence-corrected chi connectivity index (χ1v) is 8.31. The Morgan fingerprint density at radius 3 is 2.52 bits per heavy atom. The Bertz CT molecular complexity index is 757. The molecule has 0 fully saturated rings. The molecule has 2 aromatic rings. The van der Waals surface area contributed by atoms with Gasteiger partial charge in [0.05, 0.1) is 0 Å². The Labute approximate surface area is 148 Å². The van der Waals surface area contributed by atoms with Crippen LogP contribution in [0.4, 0.5) is 5.69 Å². The van der Waals surface area contributed by atoms with Crippen molar-refractivity contribution in [3.8, 4) is 6.07 Å². The zero-order valence-electron chi connectivity index (χ0n) is 14.6. The van der Waals surface area contributed by atoms with E-state index >= 15 is 0 Å². The molecule has 0 saturated heterocycles. The Hall–Kier alpha value is -3.13. The minimum Gasteiger partial charge on any atom is -0.372 e. The van der Waals surface area contributed by atoms with Gasteiger partial charge >= 0.3 is 0 Å². The standard InChI is InChI=1S/C20H22N4O/c1-3-24(4-2)19-9-7-16(8-10-19)12-18(13-21)20(25)23-15-17-6-5-11-22-14-17/h5-12,14H,3-4,15H2,1-2H3,(H,23,25). The zero-order valence-corrected chi connectivity index (χ0v) is 14.6. The fourth-order valence-electron chi connectivity index (χ4n) is 2.47. The summed E-state index contributed by atoms with van der Waals surface area (Å²) in [5.41, 5.74) is 2.92. The van der Waals surface area contributed by atoms with Crippen LogP contribution >= 0.6 is 0 Å². The van der Waals surface area contributed by atoms with Crippen molar-refractivity contribution in [2.24, 2.45) is 0 Å². The highest BCUT2D eigenvalue weighted by Crippen LogP contribution is 2.16. The number of hydrogen-bond donors (Lipinski definition) is 1. The predicted molar refractivity (Wildman–Crippen MR) is 99.7 cm³/mol. The van der Waals surface area contributed by atoms with E-state index in [9.17, 15) is 10.1 Å². The molecule has 1 aromatic heterocycles. The minimum atomic E-state index is -0.390. The Morgan fingerprint density at radius 1 is 1.24 bits per heavy atom. The summed E-state index contributed by atoms with van der Waals surface area (Å²) in [6.07, 6.45) is 4.96. The topological polar surface area (TPSA) is 69.0 Å². The molecule has 0 atom stereocenters. The highest BCUT2D eigenvalue weighted by atomic mass is 16.1. The van der Waals surface area contributed by atoms with Gasteiger partial charge in [0.1, 0.15) is 11.6 Å². The largest absolute Gasteiger partial charge is 0.372 e. The van der Waals surface area contributed by atoms with E-state index in [0.29, 0.717) is 6.54 Å². The number of nitriles is 1. The molecule has 0 aliphatic heterocycles. The van der Waals surface area contributed by atoms with E-state index < -0.39 is 0 Å². The van der Waals surface area contributed by atoms with Gasteiger partial charge in [-0.3, -0.25) is 9.78 Å². The van der Waals surface area contributed by atoms with E-state index in [-0.39, 0.29) is 11.5 Å². The molecule has 2 rings (SSSR count). The van der Waals surface area contributed by atoms with Gasteiger partial charge in [0.15, 0.2) is 0 Å². The van der Waals surface area contributed by atoms with Crippen molar-refractivity contribution in [1.29, 1.82) is 5.26 Å². The minimum absolute atomic E-state index is 0.0829. The van der Waals surface area contributed by atoms with E-state index in [2.05, 4.69) is 29.0 Å². The van der Waals surface area contributed by atoms with Gasteiger partial charge in [-0.25, -0.2) is 0 Å². The molecule has 5 heteroatoms. The van der Waals surface area contributed by atoms with Gasteiger partial charge in [0, 0.05) is 37.7 Å². The van der Waals surface area contributed by atoms with E-state index in [1.165, 1.54) is 0 Å². The molecule has 25 heavy (non-hydrogen) atoms. The van der Waals surface area contributed by atoms with Gasteiger partial charge in [0.2, 0.25) is 0 Å². The van der Waals surface area contributed by atoms with Gasteiger partial charge in [-0.15, -0.1) is 0 Å². The zero-order chi connectivity index (χ0) is 18.1. The summed E-state index contributed by atoms with van der Waals surface area (Å²) < 4.78 is 0. The first kappa shape index (κ1) is 18.2. The van der Waals surface area contributed by atoms with Crippen molar-refractivity contribution < 1.29 is 4.79 Å². The molecule has 0 saturated carbocycles. The normalized spacial score (nSPS) is 10.8. The Kier molecular flexibility index (Phi) is 6.73. The molecule has 128 valence electrons. The lowest BCUT2D eigenvalue weighted by Crippen LogP contribution is -2.24. The number of benzene rings is 1. The fourth-order valence-corrected chi connectivity index (χ4v) is 2.47. The summed E-state index contributed by atoms with van der Waals surface area (Å²) in [7, 11) is 0. The van der Waals surface area contributed by atoms with Crippen LogP contribution in [0.5, 0.6) is 0 Å². The molecule has 1 aromatic carbocycles. The molecule has 1 N–H and O–H groups in total. The first-order valence-electron chi connectivity index (χ1n) is 8.31. The third-order valence-corrected chi connectivity index (χ3v) is 3.87. The van der Waals surface area contributed by atoms with Crippen molar-refractivity contribution in [1.82, 2.24) is 10.3 Å². The van der Waals surface area contributed by atoms with Crippen molar-refractivity contribution in [2.75, 3.05) is 18.0 Å². The van der Waals surface area contributed by atoms with Crippen LogP contribution in [0.1, 0.15) is 25.0 Å². The maximum Gasteiger partial charge on any atom is 0.262 e. The first-order chi connectivity index (χ1) is 12.2. The number of carbonyl (C=O) groups is 1. The lowest BCUT2D eigenvalue weighted by atomic mass is 10.1. The molecule has 0 spiro atoms. The van der Waals surface area contributed by atoms with Gasteiger partial charge in [-0.2, -0.15) is 5.26 Å². The van der Waals surface area contributed by atoms with Crippen molar-refractivity contribution in [3.63, 3.8) is 0 Å². The summed E-state index contributed by atoms with van der Waals surface area (Å²) in [4.78, 5) is 18.4. The predicted octanol–water partition coefficient (Wildman–Crippen LogP) is 3.15. The van der Waals surface area contributed by atoms with E-state index in [0.717, 1.165) is 29.9 Å². The summed E-state index contributed by atoms with van der Waals surface area (Å²) in [5, 5.41) is 12.0. The number of anilines is 1. The maximum atomic E-state index is 12.2. The van der Waals surface area contributed by atoms with Crippen LogP contribution in [-0.2, 0) is 11.3 Å². The lowest BCUT2D eigenvalue weighted by Gasteiger charge is -2.20. The second-order valence-electron chi connectivity index (χ2n) is 5.48. The van der Waals surface area contributed by atoms with Crippen LogP contribution in [-0.4, -0.2) is 24.0 Å². The quantitative estimate of drug-likeness (QED) is 0.624. The van der Waals surface area contributed by atoms with Crippen LogP contribution < -0.4 is 10.2 Å². The number of rotatable bonds is 7. The number of nitrogens with zero attached hydrogens (tertiary/aromatic N) is 3. The summed E-state index contributed by atoms with van der Waals surface area (Å²) in [6, 6.07) is 13.5. The van der Waals surface area contributed by atoms with E-state index in [1.807, 2.05) is 36.4 Å². The summed E-state index contributed by atoms with van der Waals surface area (Å²) >= 11 is 0. The van der Waals surface area contributed by atoms with Crippen LogP contribution in [0.15, 0.2) is 54.4 Å². The van der Waals surface area contributed by atoms with Crippen LogP contribution in [0.25, 0.3) is 6.08 Å². The molecular formula is C20H22N4O. The number of hydrogen-bond acceptors (Lipinski definition) is 4. The number of carbonyl (C=O) groups excluding carboxylic acids is 1.